The molecular weight excluding hydrogens is 324 g/mol. The molecule has 0 saturated carbocycles. The van der Waals surface area contributed by atoms with Crippen LogP contribution in [-0.4, -0.2) is 55.4 Å². The number of nitrogens with one attached hydrogen (secondary N) is 2. The first kappa shape index (κ1) is 16.9. The van der Waals surface area contributed by atoms with Crippen molar-refractivity contribution in [3.8, 4) is 0 Å². The molecule has 6 nitrogen and oxygen atoms in total. The Morgan fingerprint density at radius 2 is 2.21 bits per heavy atom. The van der Waals surface area contributed by atoms with Gasteiger partial charge in [0.05, 0.1) is 23.3 Å². The van der Waals surface area contributed by atoms with Crippen molar-refractivity contribution in [1.82, 2.24) is 15.2 Å². The van der Waals surface area contributed by atoms with Gasteiger partial charge in [-0.15, -0.1) is 11.3 Å². The van der Waals surface area contributed by atoms with Crippen LogP contribution in [0.5, 0.6) is 0 Å². The summed E-state index contributed by atoms with van der Waals surface area (Å²) in [6.45, 7) is 1.49. The summed E-state index contributed by atoms with van der Waals surface area (Å²) in [5.74, 6) is -0.147. The molecule has 3 rings (SSSR count). The lowest BCUT2D eigenvalue weighted by atomic mass is 10.2. The van der Waals surface area contributed by atoms with Crippen LogP contribution in [0.15, 0.2) is 24.3 Å². The summed E-state index contributed by atoms with van der Waals surface area (Å²) in [7, 11) is 3.26. The summed E-state index contributed by atoms with van der Waals surface area (Å²) in [5.41, 5.74) is 1.03. The standard InChI is InChI=1S/C17H22N4O2S/c1-18-15(22)10-20(2)16(23)11-21-9-5-7-13(21)17-19-12-6-3-4-8-14(12)24-17/h3-4,6,8,13H,5,7,9-11H2,1-2H3,(H,18,22)/p+1/t13-/m0/s1. The second-order valence-corrected chi connectivity index (χ2v) is 7.28. The Morgan fingerprint density at radius 1 is 1.42 bits per heavy atom. The third kappa shape index (κ3) is 3.57. The molecule has 0 bridgehead atoms. The maximum absolute atomic E-state index is 12.4. The topological polar surface area (TPSA) is 66.7 Å². The van der Waals surface area contributed by atoms with Gasteiger partial charge < -0.3 is 15.1 Å². The molecule has 1 aliphatic rings. The molecule has 2 amide bonds. The van der Waals surface area contributed by atoms with E-state index >= 15 is 0 Å². The Morgan fingerprint density at radius 3 is 2.96 bits per heavy atom. The highest BCUT2D eigenvalue weighted by Gasteiger charge is 2.34. The Hall–Kier alpha value is -1.99. The highest BCUT2D eigenvalue weighted by atomic mass is 32.1. The second-order valence-electron chi connectivity index (χ2n) is 6.22. The fourth-order valence-corrected chi connectivity index (χ4v) is 4.33. The van der Waals surface area contributed by atoms with E-state index in [9.17, 15) is 9.59 Å². The lowest BCUT2D eigenvalue weighted by Crippen LogP contribution is -3.11. The van der Waals surface area contributed by atoms with Crippen molar-refractivity contribution in [2.75, 3.05) is 33.7 Å². The molecule has 1 unspecified atom stereocenters. The van der Waals surface area contributed by atoms with Crippen molar-refractivity contribution in [2.45, 2.75) is 18.9 Å². The van der Waals surface area contributed by atoms with Gasteiger partial charge in [0.25, 0.3) is 5.91 Å². The van der Waals surface area contributed by atoms with Crippen LogP contribution in [0, 0.1) is 0 Å². The predicted molar refractivity (Wildman–Crippen MR) is 94.0 cm³/mol. The number of carbonyl (C=O) groups is 2. The van der Waals surface area contributed by atoms with Gasteiger partial charge in [0.1, 0.15) is 6.04 Å². The lowest BCUT2D eigenvalue weighted by Gasteiger charge is -2.22. The molecule has 24 heavy (non-hydrogen) atoms. The number of likely N-dealkylation sites (N-methyl/N-ethyl adjacent to an activating group) is 2. The minimum Gasteiger partial charge on any atom is -0.358 e. The van der Waals surface area contributed by atoms with E-state index in [0.717, 1.165) is 29.9 Å². The molecule has 1 aromatic carbocycles. The zero-order chi connectivity index (χ0) is 17.1. The maximum atomic E-state index is 12.4. The van der Waals surface area contributed by atoms with Crippen LogP contribution in [0.2, 0.25) is 0 Å². The first-order chi connectivity index (χ1) is 11.6. The van der Waals surface area contributed by atoms with Crippen LogP contribution in [0.1, 0.15) is 23.9 Å². The summed E-state index contributed by atoms with van der Waals surface area (Å²) in [6.07, 6.45) is 2.16. The van der Waals surface area contributed by atoms with E-state index in [0.29, 0.717) is 6.54 Å². The number of hydrogen-bond acceptors (Lipinski definition) is 4. The van der Waals surface area contributed by atoms with Crippen LogP contribution >= 0.6 is 11.3 Å². The molecule has 128 valence electrons. The molecule has 1 aromatic heterocycles. The number of rotatable bonds is 5. The van der Waals surface area contributed by atoms with Crippen LogP contribution in [0.4, 0.5) is 0 Å². The number of hydrogen-bond donors (Lipinski definition) is 2. The van der Waals surface area contributed by atoms with E-state index in [1.165, 1.54) is 14.5 Å². The SMILES string of the molecule is CNC(=O)CN(C)C(=O)C[NH+]1CCC[C@H]1c1nc2ccccc2s1. The van der Waals surface area contributed by atoms with E-state index in [2.05, 4.69) is 11.4 Å². The normalized spacial score (nSPS) is 20.2. The van der Waals surface area contributed by atoms with Gasteiger partial charge >= 0.3 is 0 Å². The lowest BCUT2D eigenvalue weighted by molar-refractivity contribution is -0.910. The van der Waals surface area contributed by atoms with Crippen LogP contribution in [0.3, 0.4) is 0 Å². The predicted octanol–water partition coefficient (Wildman–Crippen LogP) is 0.221. The van der Waals surface area contributed by atoms with Gasteiger partial charge in [-0.25, -0.2) is 4.98 Å². The van der Waals surface area contributed by atoms with Crippen molar-refractivity contribution < 1.29 is 14.5 Å². The Bertz CT molecular complexity index is 712. The first-order valence-electron chi connectivity index (χ1n) is 8.23. The maximum Gasteiger partial charge on any atom is 0.277 e. The number of fused-ring (bicyclic) bond motifs is 1. The highest BCUT2D eigenvalue weighted by Crippen LogP contribution is 2.28. The molecule has 0 aliphatic carbocycles. The van der Waals surface area contributed by atoms with Crippen molar-refractivity contribution >= 4 is 33.4 Å². The molecule has 1 saturated heterocycles. The molecule has 1 aliphatic heterocycles. The van der Waals surface area contributed by atoms with Crippen molar-refractivity contribution in [2.24, 2.45) is 0 Å². The van der Waals surface area contributed by atoms with Crippen LogP contribution in [0.25, 0.3) is 10.2 Å². The number of carbonyl (C=O) groups excluding carboxylic acids is 2. The summed E-state index contributed by atoms with van der Waals surface area (Å²) >= 11 is 1.73. The summed E-state index contributed by atoms with van der Waals surface area (Å²) in [5, 5.41) is 3.66. The Labute approximate surface area is 145 Å². The van der Waals surface area contributed by atoms with E-state index in [4.69, 9.17) is 4.98 Å². The largest absolute Gasteiger partial charge is 0.358 e. The van der Waals surface area contributed by atoms with Gasteiger partial charge in [0.2, 0.25) is 5.91 Å². The zero-order valence-corrected chi connectivity index (χ0v) is 14.9. The number of thiazole rings is 1. The van der Waals surface area contributed by atoms with Gasteiger partial charge in [-0.3, -0.25) is 9.59 Å². The molecule has 2 atom stereocenters. The average molecular weight is 347 g/mol. The molecular formula is C17H23N4O2S+. The number of aromatic nitrogens is 1. The fourth-order valence-electron chi connectivity index (χ4n) is 3.17. The van der Waals surface area contributed by atoms with Crippen LogP contribution < -0.4 is 10.2 Å². The second kappa shape index (κ2) is 7.27. The zero-order valence-electron chi connectivity index (χ0n) is 14.0. The Balaban J connectivity index is 1.69. The fraction of sp³-hybridized carbons (Fsp3) is 0.471. The van der Waals surface area contributed by atoms with Crippen molar-refractivity contribution in [1.29, 1.82) is 0 Å². The van der Waals surface area contributed by atoms with E-state index in [-0.39, 0.29) is 24.4 Å². The summed E-state index contributed by atoms with van der Waals surface area (Å²) in [4.78, 5) is 31.4. The number of benzene rings is 1. The number of nitrogens with zero attached hydrogens (tertiary/aromatic N) is 2. The van der Waals surface area contributed by atoms with Gasteiger partial charge in [0, 0.05) is 26.9 Å². The number of quaternary nitrogens is 1. The quantitative estimate of drug-likeness (QED) is 0.813. The summed E-state index contributed by atoms with van der Waals surface area (Å²) < 4.78 is 1.20. The van der Waals surface area contributed by atoms with Gasteiger partial charge in [-0.1, -0.05) is 12.1 Å². The molecule has 0 spiro atoms. The minimum absolute atomic E-state index is 0.00149. The van der Waals surface area contributed by atoms with Gasteiger partial charge in [0.15, 0.2) is 11.6 Å². The Kier molecular flexibility index (Phi) is 5.11. The molecule has 2 aromatic rings. The number of amides is 2. The first-order valence-corrected chi connectivity index (χ1v) is 9.04. The third-order valence-electron chi connectivity index (χ3n) is 4.56. The molecule has 0 radical (unpaired) electrons. The van der Waals surface area contributed by atoms with Crippen molar-refractivity contribution in [3.05, 3.63) is 29.3 Å². The number of para-hydroxylation sites is 1. The van der Waals surface area contributed by atoms with E-state index in [1.807, 2.05) is 18.2 Å². The molecule has 1 fully saturated rings. The third-order valence-corrected chi connectivity index (χ3v) is 5.71. The van der Waals surface area contributed by atoms with Crippen molar-refractivity contribution in [3.63, 3.8) is 0 Å². The van der Waals surface area contributed by atoms with Gasteiger partial charge in [-0.05, 0) is 12.1 Å². The molecule has 7 heteroatoms. The molecule has 2 heterocycles. The highest BCUT2D eigenvalue weighted by molar-refractivity contribution is 7.18. The van der Waals surface area contributed by atoms with Gasteiger partial charge in [-0.2, -0.15) is 0 Å². The average Bonchev–Trinajstić information content (AvgIpc) is 3.20. The number of likely N-dealkylation sites (tertiary alicyclic amines) is 1. The van der Waals surface area contributed by atoms with Crippen LogP contribution in [-0.2, 0) is 9.59 Å². The monoisotopic (exact) mass is 347 g/mol. The molecule has 2 N–H and O–H groups in total. The smallest absolute Gasteiger partial charge is 0.277 e. The summed E-state index contributed by atoms with van der Waals surface area (Å²) in [6, 6.07) is 8.43. The minimum atomic E-state index is -0.148. The van der Waals surface area contributed by atoms with E-state index < -0.39 is 0 Å². The van der Waals surface area contributed by atoms with E-state index in [1.54, 1.807) is 25.4 Å².